The summed E-state index contributed by atoms with van der Waals surface area (Å²) >= 11 is 8.82. The van der Waals surface area contributed by atoms with Gasteiger partial charge in [0.15, 0.2) is 5.11 Å². The van der Waals surface area contributed by atoms with Gasteiger partial charge in [0.1, 0.15) is 0 Å². The highest BCUT2D eigenvalue weighted by Gasteiger charge is 2.37. The molecule has 6 nitrogen and oxygen atoms in total. The van der Waals surface area contributed by atoms with Crippen LogP contribution >= 0.6 is 28.1 Å². The van der Waals surface area contributed by atoms with Gasteiger partial charge in [-0.25, -0.2) is 4.79 Å². The van der Waals surface area contributed by atoms with Crippen molar-refractivity contribution in [2.24, 2.45) is 5.73 Å². The Balaban J connectivity index is 2.16. The van der Waals surface area contributed by atoms with Crippen LogP contribution in [0.25, 0.3) is 0 Å². The largest absolute Gasteiger partial charge is 0.466 e. The van der Waals surface area contributed by atoms with Gasteiger partial charge in [-0.3, -0.25) is 9.69 Å². The predicted octanol–water partition coefficient (Wildman–Crippen LogP) is 4.45. The van der Waals surface area contributed by atoms with Crippen molar-refractivity contribution in [1.29, 1.82) is 0 Å². The van der Waals surface area contributed by atoms with E-state index in [4.69, 9.17) is 22.7 Å². The molecule has 11 heteroatoms. The summed E-state index contributed by atoms with van der Waals surface area (Å²) in [6.45, 7) is 1.57. The molecule has 0 radical (unpaired) electrons. The number of hydrogen-bond acceptors (Lipinski definition) is 4. The number of allylic oxidation sites excluding steroid dienone is 1. The van der Waals surface area contributed by atoms with Crippen molar-refractivity contribution in [2.75, 3.05) is 12.0 Å². The van der Waals surface area contributed by atoms with Crippen molar-refractivity contribution in [1.82, 2.24) is 5.32 Å². The minimum absolute atomic E-state index is 0.0883. The van der Waals surface area contributed by atoms with E-state index >= 15 is 0 Å². The summed E-state index contributed by atoms with van der Waals surface area (Å²) in [4.78, 5) is 25.5. The predicted molar refractivity (Wildman–Crippen MR) is 120 cm³/mol. The lowest BCUT2D eigenvalue weighted by Crippen LogP contribution is -2.48. The van der Waals surface area contributed by atoms with Crippen LogP contribution in [0.15, 0.2) is 58.2 Å². The smallest absolute Gasteiger partial charge is 0.416 e. The first kappa shape index (κ1) is 23.7. The summed E-state index contributed by atoms with van der Waals surface area (Å²) in [6.07, 6.45) is -4.54. The Bertz CT molecular complexity index is 1150. The van der Waals surface area contributed by atoms with Gasteiger partial charge >= 0.3 is 12.1 Å². The first-order valence-electron chi connectivity index (χ1n) is 9.12. The maximum atomic E-state index is 13.2. The Morgan fingerprint density at radius 3 is 2.47 bits per heavy atom. The van der Waals surface area contributed by atoms with E-state index in [-0.39, 0.29) is 21.9 Å². The van der Waals surface area contributed by atoms with Gasteiger partial charge < -0.3 is 15.8 Å². The third-order valence-corrected chi connectivity index (χ3v) is 5.90. The lowest BCUT2D eigenvalue weighted by molar-refractivity contribution is -0.138. The van der Waals surface area contributed by atoms with E-state index in [0.717, 1.165) is 12.1 Å². The van der Waals surface area contributed by atoms with E-state index < -0.39 is 29.7 Å². The number of carbonyl (C=O) groups is 2. The summed E-state index contributed by atoms with van der Waals surface area (Å²) in [5, 5.41) is 3.08. The molecule has 1 amide bonds. The molecule has 2 aromatic rings. The number of amides is 1. The zero-order valence-corrected chi connectivity index (χ0v) is 19.2. The molecule has 0 bridgehead atoms. The molecule has 3 rings (SSSR count). The van der Waals surface area contributed by atoms with Crippen molar-refractivity contribution < 1.29 is 27.5 Å². The number of rotatable bonds is 4. The Morgan fingerprint density at radius 1 is 1.22 bits per heavy atom. The van der Waals surface area contributed by atoms with E-state index in [0.29, 0.717) is 15.7 Å². The number of esters is 1. The lowest BCUT2D eigenvalue weighted by atomic mass is 9.94. The van der Waals surface area contributed by atoms with Gasteiger partial charge in [-0.05, 0) is 55.0 Å². The van der Waals surface area contributed by atoms with Gasteiger partial charge in [-0.2, -0.15) is 13.2 Å². The third kappa shape index (κ3) is 4.49. The van der Waals surface area contributed by atoms with Crippen molar-refractivity contribution in [2.45, 2.75) is 19.1 Å². The van der Waals surface area contributed by atoms with E-state index in [9.17, 15) is 22.8 Å². The van der Waals surface area contributed by atoms with Crippen molar-refractivity contribution in [3.63, 3.8) is 0 Å². The van der Waals surface area contributed by atoms with Crippen LogP contribution in [0.2, 0.25) is 0 Å². The van der Waals surface area contributed by atoms with Gasteiger partial charge in [0.25, 0.3) is 0 Å². The van der Waals surface area contributed by atoms with Gasteiger partial charge in [0.05, 0.1) is 24.3 Å². The van der Waals surface area contributed by atoms with Crippen LogP contribution < -0.4 is 16.0 Å². The molecule has 0 unspecified atom stereocenters. The summed E-state index contributed by atoms with van der Waals surface area (Å²) < 4.78 is 45.1. The number of primary amides is 1. The summed E-state index contributed by atoms with van der Waals surface area (Å²) in [5.74, 6) is -1.31. The number of anilines is 1. The van der Waals surface area contributed by atoms with E-state index in [1.807, 2.05) is 0 Å². The molecule has 0 saturated carbocycles. The summed E-state index contributed by atoms with van der Waals surface area (Å²) in [5.41, 5.74) is 5.86. The van der Waals surface area contributed by atoms with Crippen LogP contribution in [0.4, 0.5) is 18.9 Å². The highest BCUT2D eigenvalue weighted by molar-refractivity contribution is 9.10. The number of hydrogen-bond donors (Lipinski definition) is 2. The van der Waals surface area contributed by atoms with E-state index in [1.165, 1.54) is 36.3 Å². The molecule has 32 heavy (non-hydrogen) atoms. The number of alkyl halides is 3. The molecule has 0 aromatic heterocycles. The average molecular weight is 528 g/mol. The molecule has 0 spiro atoms. The number of nitrogens with one attached hydrogen (secondary N) is 1. The Hall–Kier alpha value is -2.92. The Labute approximate surface area is 195 Å². The fraction of sp³-hybridized carbons (Fsp3) is 0.190. The third-order valence-electron chi connectivity index (χ3n) is 4.92. The molecule has 0 aliphatic carbocycles. The number of nitrogens with zero attached hydrogens (tertiary/aromatic N) is 1. The highest BCUT2D eigenvalue weighted by atomic mass is 79.9. The number of carbonyl (C=O) groups excluding carboxylic acids is 2. The number of benzene rings is 2. The Morgan fingerprint density at radius 2 is 1.91 bits per heavy atom. The van der Waals surface area contributed by atoms with Crippen LogP contribution in [0, 0.1) is 0 Å². The SMILES string of the molecule is COC(=O)C1=C(C)N(c2cccc(C(F)(F)F)c2)C(=S)N[C@@H]1c1ccc(C(N)=O)cc1Br. The molecule has 3 N–H and O–H groups in total. The van der Waals surface area contributed by atoms with Gasteiger partial charge in [0, 0.05) is 21.4 Å². The monoisotopic (exact) mass is 527 g/mol. The maximum absolute atomic E-state index is 13.2. The summed E-state index contributed by atoms with van der Waals surface area (Å²) in [6, 6.07) is 8.43. The maximum Gasteiger partial charge on any atom is 0.416 e. The standard InChI is InChI=1S/C21H17BrF3N3O3S/c1-10-16(19(30)31-2)17(14-7-6-11(18(26)29)8-15(14)22)27-20(32)28(10)13-5-3-4-12(9-13)21(23,24)25/h3-9,17H,1-2H3,(H2,26,29)(H,27,32)/t17-/m1/s1. The molecular weight excluding hydrogens is 511 g/mol. The lowest BCUT2D eigenvalue weighted by Gasteiger charge is -2.38. The number of thiocarbonyl (C=S) groups is 1. The van der Waals surface area contributed by atoms with Gasteiger partial charge in [0.2, 0.25) is 5.91 Å². The van der Waals surface area contributed by atoms with Gasteiger partial charge in [-0.15, -0.1) is 0 Å². The highest BCUT2D eigenvalue weighted by Crippen LogP contribution is 2.38. The molecular formula is C21H17BrF3N3O3S. The summed E-state index contributed by atoms with van der Waals surface area (Å²) in [7, 11) is 1.20. The van der Waals surface area contributed by atoms with E-state index in [1.54, 1.807) is 13.0 Å². The molecule has 2 aromatic carbocycles. The second-order valence-electron chi connectivity index (χ2n) is 6.86. The second kappa shape index (κ2) is 8.91. The first-order valence-corrected chi connectivity index (χ1v) is 10.3. The van der Waals surface area contributed by atoms with Gasteiger partial charge in [-0.1, -0.05) is 28.1 Å². The first-order chi connectivity index (χ1) is 15.0. The minimum atomic E-state index is -4.54. The zero-order valence-electron chi connectivity index (χ0n) is 16.8. The number of nitrogens with two attached hydrogens (primary N) is 1. The molecule has 1 atom stereocenters. The van der Waals surface area contributed by atoms with Crippen molar-refractivity contribution in [3.8, 4) is 0 Å². The number of methoxy groups -OCH3 is 1. The Kier molecular flexibility index (Phi) is 6.61. The van der Waals surface area contributed by atoms with Crippen LogP contribution in [0.3, 0.4) is 0 Å². The second-order valence-corrected chi connectivity index (χ2v) is 8.10. The molecule has 1 heterocycles. The molecule has 168 valence electrons. The zero-order chi connectivity index (χ0) is 23.8. The fourth-order valence-electron chi connectivity index (χ4n) is 3.40. The molecule has 0 saturated heterocycles. The van der Waals surface area contributed by atoms with E-state index in [2.05, 4.69) is 21.2 Å². The molecule has 0 fully saturated rings. The average Bonchev–Trinajstić information content (AvgIpc) is 2.72. The van der Waals surface area contributed by atoms with Crippen LogP contribution in [-0.4, -0.2) is 24.1 Å². The topological polar surface area (TPSA) is 84.7 Å². The normalized spacial score (nSPS) is 16.6. The van der Waals surface area contributed by atoms with Crippen molar-refractivity contribution in [3.05, 3.63) is 74.9 Å². The van der Waals surface area contributed by atoms with Crippen LogP contribution in [0.5, 0.6) is 0 Å². The number of halogens is 4. The number of ether oxygens (including phenoxy) is 1. The van der Waals surface area contributed by atoms with Crippen LogP contribution in [0.1, 0.15) is 34.5 Å². The van der Waals surface area contributed by atoms with Crippen molar-refractivity contribution >= 4 is 50.8 Å². The fourth-order valence-corrected chi connectivity index (χ4v) is 4.37. The quantitative estimate of drug-likeness (QED) is 0.451. The molecule has 1 aliphatic rings. The van der Waals surface area contributed by atoms with Crippen LogP contribution in [-0.2, 0) is 15.7 Å². The minimum Gasteiger partial charge on any atom is -0.466 e. The molecule has 1 aliphatic heterocycles.